The largest absolute Gasteiger partial charge is 0.486 e. The van der Waals surface area contributed by atoms with E-state index in [1.165, 1.54) is 6.07 Å². The quantitative estimate of drug-likeness (QED) is 0.533. The Hall–Kier alpha value is -3.41. The van der Waals surface area contributed by atoms with Crippen LogP contribution in [-0.2, 0) is 0 Å². The normalized spacial score (nSPS) is 13.3. The van der Waals surface area contributed by atoms with Crippen LogP contribution in [0.3, 0.4) is 0 Å². The molecule has 2 heterocycles. The van der Waals surface area contributed by atoms with Crippen LogP contribution in [0.1, 0.15) is 11.3 Å². The zero-order chi connectivity index (χ0) is 17.2. The van der Waals surface area contributed by atoms with E-state index in [0.717, 1.165) is 22.4 Å². The molecule has 0 saturated carbocycles. The Morgan fingerprint density at radius 3 is 2.68 bits per heavy atom. The zero-order valence-corrected chi connectivity index (χ0v) is 13.2. The molecule has 0 spiro atoms. The van der Waals surface area contributed by atoms with Crippen LogP contribution in [0.2, 0.25) is 0 Å². The summed E-state index contributed by atoms with van der Waals surface area (Å²) < 4.78 is 11.1. The summed E-state index contributed by atoms with van der Waals surface area (Å²) >= 11 is 0. The van der Waals surface area contributed by atoms with Gasteiger partial charge >= 0.3 is 0 Å². The van der Waals surface area contributed by atoms with Crippen molar-refractivity contribution < 1.29 is 14.4 Å². The number of nitro groups is 1. The minimum Gasteiger partial charge on any atom is -0.486 e. The molecule has 0 radical (unpaired) electrons. The lowest BCUT2D eigenvalue weighted by molar-refractivity contribution is -0.383. The highest BCUT2D eigenvalue weighted by atomic mass is 16.6. The molecule has 4 rings (SSSR count). The van der Waals surface area contributed by atoms with Gasteiger partial charge in [-0.05, 0) is 29.8 Å². The lowest BCUT2D eigenvalue weighted by Gasteiger charge is -2.18. The van der Waals surface area contributed by atoms with E-state index in [9.17, 15) is 10.1 Å². The smallest absolute Gasteiger partial charge is 0.295 e. The molecule has 0 atom stereocenters. The lowest BCUT2D eigenvalue weighted by atomic mass is 10.1. The van der Waals surface area contributed by atoms with E-state index >= 15 is 0 Å². The molecule has 6 nitrogen and oxygen atoms in total. The first kappa shape index (κ1) is 15.1. The predicted octanol–water partition coefficient (Wildman–Crippen LogP) is 4.08. The molecule has 0 amide bonds. The van der Waals surface area contributed by atoms with Crippen LogP contribution in [0.4, 0.5) is 5.69 Å². The number of hydrogen-bond acceptors (Lipinski definition) is 5. The molecule has 2 aromatic carbocycles. The summed E-state index contributed by atoms with van der Waals surface area (Å²) in [5.74, 6) is 1.46. The maximum absolute atomic E-state index is 11.2. The predicted molar refractivity (Wildman–Crippen MR) is 94.8 cm³/mol. The van der Waals surface area contributed by atoms with Crippen molar-refractivity contribution >= 4 is 28.7 Å². The molecule has 1 aliphatic rings. The molecule has 0 saturated heterocycles. The van der Waals surface area contributed by atoms with Crippen molar-refractivity contribution in [1.82, 2.24) is 4.98 Å². The Balaban J connectivity index is 1.67. The molecule has 1 aromatic heterocycles. The molecular weight excluding hydrogens is 320 g/mol. The number of non-ortho nitro benzene ring substituents is 1. The summed E-state index contributed by atoms with van der Waals surface area (Å²) in [6.07, 6.45) is 3.71. The van der Waals surface area contributed by atoms with Crippen molar-refractivity contribution in [3.05, 3.63) is 69.9 Å². The summed E-state index contributed by atoms with van der Waals surface area (Å²) in [6.45, 7) is 1.10. The molecule has 0 unspecified atom stereocenters. The Morgan fingerprint density at radius 2 is 1.84 bits per heavy atom. The van der Waals surface area contributed by atoms with E-state index in [0.29, 0.717) is 24.4 Å². The first-order valence-electron chi connectivity index (χ1n) is 7.82. The van der Waals surface area contributed by atoms with E-state index in [-0.39, 0.29) is 5.69 Å². The average Bonchev–Trinajstić information content (AvgIpc) is 2.65. The highest BCUT2D eigenvalue weighted by Gasteiger charge is 2.13. The maximum atomic E-state index is 11.2. The molecular formula is C19H14N2O4. The van der Waals surface area contributed by atoms with Gasteiger partial charge in [0.25, 0.3) is 5.69 Å². The Kier molecular flexibility index (Phi) is 3.78. The maximum Gasteiger partial charge on any atom is 0.295 e. The van der Waals surface area contributed by atoms with Crippen LogP contribution in [0, 0.1) is 10.1 Å². The van der Waals surface area contributed by atoms with Gasteiger partial charge in [-0.15, -0.1) is 0 Å². The molecule has 6 heteroatoms. The number of fused-ring (bicyclic) bond motifs is 2. The minimum atomic E-state index is -0.413. The number of nitro benzene ring substituents is 1. The molecule has 0 bridgehead atoms. The average molecular weight is 334 g/mol. The first-order valence-corrected chi connectivity index (χ1v) is 7.82. The molecule has 0 aliphatic carbocycles. The SMILES string of the molecule is O=[N+]([O-])c1cccc2ccc(/C=C/c3ccc4c(c3)OCCO4)nc12. The number of nitrogens with zero attached hydrogens (tertiary/aromatic N) is 2. The zero-order valence-electron chi connectivity index (χ0n) is 13.2. The van der Waals surface area contributed by atoms with Gasteiger partial charge in [0.15, 0.2) is 11.5 Å². The molecule has 25 heavy (non-hydrogen) atoms. The third kappa shape index (κ3) is 3.01. The summed E-state index contributed by atoms with van der Waals surface area (Å²) in [5, 5.41) is 11.9. The van der Waals surface area contributed by atoms with Crippen molar-refractivity contribution in [3.63, 3.8) is 0 Å². The standard InChI is InChI=1S/C19H14N2O4/c22-21(23)16-3-1-2-14-6-8-15(20-19(14)16)7-4-13-5-9-17-18(12-13)25-11-10-24-17/h1-9,12H,10-11H2/b7-4+. The van der Waals surface area contributed by atoms with Gasteiger partial charge in [0, 0.05) is 11.5 Å². The van der Waals surface area contributed by atoms with Crippen LogP contribution in [-0.4, -0.2) is 23.1 Å². The van der Waals surface area contributed by atoms with E-state index in [2.05, 4.69) is 4.98 Å². The van der Waals surface area contributed by atoms with Crippen LogP contribution < -0.4 is 9.47 Å². The van der Waals surface area contributed by atoms with Crippen molar-refractivity contribution in [2.24, 2.45) is 0 Å². The summed E-state index contributed by atoms with van der Waals surface area (Å²) in [7, 11) is 0. The fourth-order valence-electron chi connectivity index (χ4n) is 2.73. The third-order valence-corrected chi connectivity index (χ3v) is 3.93. The highest BCUT2D eigenvalue weighted by molar-refractivity contribution is 5.88. The molecule has 0 fully saturated rings. The second-order valence-electron chi connectivity index (χ2n) is 5.58. The van der Waals surface area contributed by atoms with Crippen LogP contribution in [0.5, 0.6) is 11.5 Å². The van der Waals surface area contributed by atoms with Gasteiger partial charge in [-0.25, -0.2) is 4.98 Å². The van der Waals surface area contributed by atoms with E-state index < -0.39 is 4.92 Å². The number of hydrogen-bond donors (Lipinski definition) is 0. The van der Waals surface area contributed by atoms with Crippen LogP contribution >= 0.6 is 0 Å². The van der Waals surface area contributed by atoms with Crippen molar-refractivity contribution in [2.75, 3.05) is 13.2 Å². The molecule has 1 aliphatic heterocycles. The third-order valence-electron chi connectivity index (χ3n) is 3.93. The molecule has 124 valence electrons. The highest BCUT2D eigenvalue weighted by Crippen LogP contribution is 2.31. The molecule has 3 aromatic rings. The number of para-hydroxylation sites is 1. The number of benzene rings is 2. The monoisotopic (exact) mass is 334 g/mol. The number of pyridine rings is 1. The van der Waals surface area contributed by atoms with Crippen molar-refractivity contribution in [2.45, 2.75) is 0 Å². The Morgan fingerprint density at radius 1 is 1.00 bits per heavy atom. The van der Waals surface area contributed by atoms with Gasteiger partial charge in [0.05, 0.1) is 10.6 Å². The van der Waals surface area contributed by atoms with Gasteiger partial charge in [0.2, 0.25) is 0 Å². The lowest BCUT2D eigenvalue weighted by Crippen LogP contribution is -2.15. The fourth-order valence-corrected chi connectivity index (χ4v) is 2.73. The van der Waals surface area contributed by atoms with Crippen molar-refractivity contribution in [3.8, 4) is 11.5 Å². The van der Waals surface area contributed by atoms with Gasteiger partial charge in [-0.3, -0.25) is 10.1 Å². The number of ether oxygens (including phenoxy) is 2. The van der Waals surface area contributed by atoms with Crippen LogP contribution in [0.25, 0.3) is 23.1 Å². The summed E-state index contributed by atoms with van der Waals surface area (Å²) in [4.78, 5) is 15.2. The van der Waals surface area contributed by atoms with E-state index in [4.69, 9.17) is 9.47 Å². The minimum absolute atomic E-state index is 0.00656. The summed E-state index contributed by atoms with van der Waals surface area (Å²) in [6, 6.07) is 14.3. The second kappa shape index (κ2) is 6.24. The Labute approximate surface area is 143 Å². The fraction of sp³-hybridized carbons (Fsp3) is 0.105. The van der Waals surface area contributed by atoms with Gasteiger partial charge in [-0.1, -0.05) is 30.3 Å². The van der Waals surface area contributed by atoms with Gasteiger partial charge in [0.1, 0.15) is 18.7 Å². The van der Waals surface area contributed by atoms with Crippen molar-refractivity contribution in [1.29, 1.82) is 0 Å². The van der Waals surface area contributed by atoms with Gasteiger partial charge in [-0.2, -0.15) is 0 Å². The number of rotatable bonds is 3. The topological polar surface area (TPSA) is 74.5 Å². The summed E-state index contributed by atoms with van der Waals surface area (Å²) in [5.41, 5.74) is 1.98. The number of aromatic nitrogens is 1. The first-order chi connectivity index (χ1) is 12.2. The Bertz CT molecular complexity index is 998. The van der Waals surface area contributed by atoms with Gasteiger partial charge < -0.3 is 9.47 Å². The van der Waals surface area contributed by atoms with E-state index in [1.807, 2.05) is 48.6 Å². The van der Waals surface area contributed by atoms with E-state index in [1.54, 1.807) is 6.07 Å². The molecule has 0 N–H and O–H groups in total. The second-order valence-corrected chi connectivity index (χ2v) is 5.58. The van der Waals surface area contributed by atoms with Crippen LogP contribution in [0.15, 0.2) is 48.5 Å².